The molecule has 1 aromatic carbocycles. The monoisotopic (exact) mass is 477 g/mol. The topological polar surface area (TPSA) is 131 Å². The molecule has 1 saturated heterocycles. The van der Waals surface area contributed by atoms with Gasteiger partial charge in [0, 0.05) is 25.4 Å². The van der Waals surface area contributed by atoms with Crippen LogP contribution >= 0.6 is 0 Å². The molecule has 2 unspecified atom stereocenters. The Hall–Kier alpha value is -4.00. The number of nitriles is 1. The second kappa shape index (κ2) is 12.5. The van der Waals surface area contributed by atoms with Gasteiger partial charge in [0.1, 0.15) is 17.8 Å². The fraction of sp³-hybridized carbons (Fsp3) is 0.440. The Morgan fingerprint density at radius 3 is 2.46 bits per heavy atom. The van der Waals surface area contributed by atoms with Crippen LogP contribution in [0.1, 0.15) is 49.2 Å². The van der Waals surface area contributed by atoms with Crippen molar-refractivity contribution in [3.8, 4) is 6.19 Å². The zero-order valence-electron chi connectivity index (χ0n) is 20.1. The molecule has 184 valence electrons. The van der Waals surface area contributed by atoms with E-state index >= 15 is 0 Å². The summed E-state index contributed by atoms with van der Waals surface area (Å²) in [5.41, 5.74) is 0.941. The summed E-state index contributed by atoms with van der Waals surface area (Å²) in [6, 6.07) is 7.53. The molecule has 1 aliphatic heterocycles. The van der Waals surface area contributed by atoms with Crippen LogP contribution in [0.4, 0.5) is 0 Å². The molecule has 2 aromatic rings. The molecule has 0 bridgehead atoms. The number of carbonyl (C=O) groups is 3. The van der Waals surface area contributed by atoms with Crippen molar-refractivity contribution in [1.29, 1.82) is 5.26 Å². The lowest BCUT2D eigenvalue weighted by molar-refractivity contribution is -0.151. The molecule has 2 heterocycles. The minimum atomic E-state index is -0.942. The summed E-state index contributed by atoms with van der Waals surface area (Å²) < 4.78 is 0. The highest BCUT2D eigenvalue weighted by Crippen LogP contribution is 2.15. The average Bonchev–Trinajstić information content (AvgIpc) is 2.88. The van der Waals surface area contributed by atoms with Gasteiger partial charge in [-0.05, 0) is 30.7 Å². The number of hydrogen-bond acceptors (Lipinski definition) is 7. The highest BCUT2D eigenvalue weighted by atomic mass is 16.2. The van der Waals surface area contributed by atoms with Gasteiger partial charge in [-0.3, -0.25) is 19.4 Å². The maximum Gasteiger partial charge on any atom is 0.272 e. The Balaban J connectivity index is 1.80. The van der Waals surface area contributed by atoms with Gasteiger partial charge in [-0.2, -0.15) is 5.26 Å². The van der Waals surface area contributed by atoms with Crippen molar-refractivity contribution < 1.29 is 14.4 Å². The van der Waals surface area contributed by atoms with E-state index in [9.17, 15) is 19.6 Å². The quantitative estimate of drug-likeness (QED) is 0.525. The third kappa shape index (κ3) is 7.24. The lowest BCUT2D eigenvalue weighted by atomic mass is 10.0. The van der Waals surface area contributed by atoms with Gasteiger partial charge in [0.2, 0.25) is 5.91 Å². The number of benzene rings is 1. The molecule has 1 fully saturated rings. The summed E-state index contributed by atoms with van der Waals surface area (Å²) in [6.45, 7) is 4.81. The fourth-order valence-electron chi connectivity index (χ4n) is 3.95. The first kappa shape index (κ1) is 25.6. The summed E-state index contributed by atoms with van der Waals surface area (Å²) in [7, 11) is 0. The summed E-state index contributed by atoms with van der Waals surface area (Å²) in [5, 5.41) is 17.8. The molecule has 10 heteroatoms. The molecule has 0 aliphatic carbocycles. The molecular formula is C25H31N7O3. The highest BCUT2D eigenvalue weighted by Gasteiger charge is 2.33. The van der Waals surface area contributed by atoms with E-state index in [1.165, 1.54) is 28.6 Å². The Kier molecular flexibility index (Phi) is 9.12. The minimum absolute atomic E-state index is 0.0890. The lowest BCUT2D eigenvalue weighted by Gasteiger charge is -2.37. The first-order valence-electron chi connectivity index (χ1n) is 11.8. The number of hydrazine groups is 1. The molecule has 2 atom stereocenters. The molecule has 1 aromatic heterocycles. The highest BCUT2D eigenvalue weighted by molar-refractivity contribution is 5.97. The number of aromatic nitrogens is 2. The molecule has 0 saturated carbocycles. The second-order valence-electron chi connectivity index (χ2n) is 8.89. The summed E-state index contributed by atoms with van der Waals surface area (Å²) >= 11 is 0. The minimum Gasteiger partial charge on any atom is -0.342 e. The zero-order valence-corrected chi connectivity index (χ0v) is 20.1. The van der Waals surface area contributed by atoms with Crippen molar-refractivity contribution in [3.63, 3.8) is 0 Å². The Bertz CT molecular complexity index is 1040. The van der Waals surface area contributed by atoms with Crippen LogP contribution in [0, 0.1) is 17.4 Å². The fourth-order valence-corrected chi connectivity index (χ4v) is 3.95. The molecule has 0 radical (unpaired) electrons. The van der Waals surface area contributed by atoms with Gasteiger partial charge in [-0.25, -0.2) is 15.0 Å². The summed E-state index contributed by atoms with van der Waals surface area (Å²) in [5.74, 6) is -1.23. The predicted octanol–water partition coefficient (Wildman–Crippen LogP) is 1.67. The molecule has 2 N–H and O–H groups in total. The number of rotatable bonds is 9. The lowest BCUT2D eigenvalue weighted by Crippen LogP contribution is -2.58. The normalized spacial score (nSPS) is 15.1. The summed E-state index contributed by atoms with van der Waals surface area (Å²) in [4.78, 5) is 47.5. The smallest absolute Gasteiger partial charge is 0.272 e. The Morgan fingerprint density at radius 1 is 1.06 bits per heavy atom. The average molecular weight is 478 g/mol. The van der Waals surface area contributed by atoms with Crippen LogP contribution in [-0.2, 0) is 16.0 Å². The van der Waals surface area contributed by atoms with Crippen LogP contribution < -0.4 is 10.6 Å². The molecule has 0 spiro atoms. The third-order valence-electron chi connectivity index (χ3n) is 5.67. The van der Waals surface area contributed by atoms with Crippen LogP contribution in [0.5, 0.6) is 0 Å². The van der Waals surface area contributed by atoms with Gasteiger partial charge in [0.25, 0.3) is 11.8 Å². The maximum absolute atomic E-state index is 13.4. The Labute approximate surface area is 205 Å². The Morgan fingerprint density at radius 2 is 1.80 bits per heavy atom. The van der Waals surface area contributed by atoms with Crippen LogP contribution in [0.25, 0.3) is 0 Å². The van der Waals surface area contributed by atoms with Crippen LogP contribution in [0.3, 0.4) is 0 Å². The number of nitrogens with one attached hydrogen (secondary N) is 2. The summed E-state index contributed by atoms with van der Waals surface area (Å²) in [6.07, 6.45) is 8.48. The number of amides is 3. The molecule has 3 rings (SSSR count). The van der Waals surface area contributed by atoms with E-state index in [-0.39, 0.29) is 23.9 Å². The number of hydrogen-bond donors (Lipinski definition) is 2. The van der Waals surface area contributed by atoms with Gasteiger partial charge < -0.3 is 10.6 Å². The molecule has 35 heavy (non-hydrogen) atoms. The van der Waals surface area contributed by atoms with E-state index in [1.807, 2.05) is 44.2 Å². The van der Waals surface area contributed by atoms with Gasteiger partial charge in [0.15, 0.2) is 6.19 Å². The van der Waals surface area contributed by atoms with E-state index in [4.69, 9.17) is 0 Å². The van der Waals surface area contributed by atoms with Crippen molar-refractivity contribution in [2.24, 2.45) is 5.92 Å². The SMILES string of the molecule is CC(C)CC(NC(=O)C(Cc1ccccc1)NC(=O)c1cnccn1)C(=O)N1CCCCN1C#N. The largest absolute Gasteiger partial charge is 0.342 e. The van der Waals surface area contributed by atoms with E-state index in [2.05, 4.69) is 26.8 Å². The number of carbonyl (C=O) groups excluding carboxylic acids is 3. The zero-order chi connectivity index (χ0) is 25.2. The van der Waals surface area contributed by atoms with Gasteiger partial charge >= 0.3 is 0 Å². The molecule has 1 aliphatic rings. The van der Waals surface area contributed by atoms with Crippen LogP contribution in [0.15, 0.2) is 48.9 Å². The van der Waals surface area contributed by atoms with Crippen molar-refractivity contribution in [2.45, 2.75) is 51.6 Å². The van der Waals surface area contributed by atoms with Crippen molar-refractivity contribution in [3.05, 3.63) is 60.2 Å². The first-order valence-corrected chi connectivity index (χ1v) is 11.8. The number of nitrogens with zero attached hydrogens (tertiary/aromatic N) is 5. The third-order valence-corrected chi connectivity index (χ3v) is 5.67. The first-order chi connectivity index (χ1) is 16.9. The molecular weight excluding hydrogens is 446 g/mol. The van der Waals surface area contributed by atoms with E-state index in [1.54, 1.807) is 0 Å². The van der Waals surface area contributed by atoms with E-state index in [0.29, 0.717) is 19.5 Å². The van der Waals surface area contributed by atoms with E-state index < -0.39 is 23.9 Å². The van der Waals surface area contributed by atoms with Crippen molar-refractivity contribution in [1.82, 2.24) is 30.6 Å². The maximum atomic E-state index is 13.4. The standard InChI is InChI=1S/C25H31N7O3/c1-18(2)14-21(25(35)32-13-7-6-12-31(32)17-26)30-23(33)20(15-19-8-4-3-5-9-19)29-24(34)22-16-27-10-11-28-22/h3-5,8-11,16,18,20-21H,6-7,12-15H2,1-2H3,(H,29,34)(H,30,33). The van der Waals surface area contributed by atoms with Crippen molar-refractivity contribution >= 4 is 17.7 Å². The predicted molar refractivity (Wildman–Crippen MR) is 128 cm³/mol. The van der Waals surface area contributed by atoms with Crippen LogP contribution in [-0.4, -0.2) is 62.9 Å². The molecule has 10 nitrogen and oxygen atoms in total. The van der Waals surface area contributed by atoms with Gasteiger partial charge in [-0.15, -0.1) is 0 Å². The van der Waals surface area contributed by atoms with Crippen molar-refractivity contribution in [2.75, 3.05) is 13.1 Å². The van der Waals surface area contributed by atoms with E-state index in [0.717, 1.165) is 18.4 Å². The van der Waals surface area contributed by atoms with Crippen LogP contribution in [0.2, 0.25) is 0 Å². The van der Waals surface area contributed by atoms with Gasteiger partial charge in [-0.1, -0.05) is 44.2 Å². The van der Waals surface area contributed by atoms with Gasteiger partial charge in [0.05, 0.1) is 12.7 Å². The molecule has 3 amide bonds. The second-order valence-corrected chi connectivity index (χ2v) is 8.89.